The van der Waals surface area contributed by atoms with Crippen LogP contribution in [0.3, 0.4) is 0 Å². The molecule has 0 saturated heterocycles. The maximum absolute atomic E-state index is 14.2. The van der Waals surface area contributed by atoms with Crippen LogP contribution in [0.2, 0.25) is 5.02 Å². The van der Waals surface area contributed by atoms with Gasteiger partial charge in [0.1, 0.15) is 11.7 Å². The quantitative estimate of drug-likeness (QED) is 0.280. The zero-order chi connectivity index (χ0) is 38.2. The van der Waals surface area contributed by atoms with Gasteiger partial charge >= 0.3 is 12.1 Å². The van der Waals surface area contributed by atoms with Crippen LogP contribution in [-0.2, 0) is 25.6 Å². The number of fused-ring (bicyclic) bond motifs is 7. The smallest absolute Gasteiger partial charge is 0.410 e. The molecule has 0 bridgehead atoms. The monoisotopic (exact) mass is 737 g/mol. The number of ketones is 1. The fourth-order valence-electron chi connectivity index (χ4n) is 12.8. The van der Waals surface area contributed by atoms with Crippen molar-refractivity contribution in [2.45, 2.75) is 151 Å². The van der Waals surface area contributed by atoms with Crippen molar-refractivity contribution in [2.75, 3.05) is 6.54 Å². The Morgan fingerprint density at radius 3 is 2.27 bits per heavy atom. The van der Waals surface area contributed by atoms with Crippen LogP contribution in [0.4, 0.5) is 4.79 Å². The number of ether oxygens (including phenoxy) is 2. The number of rotatable bonds is 7. The van der Waals surface area contributed by atoms with Crippen LogP contribution in [0.15, 0.2) is 35.4 Å². The van der Waals surface area contributed by atoms with Gasteiger partial charge in [-0.25, -0.2) is 4.79 Å². The molecule has 5 aliphatic carbocycles. The Kier molecular flexibility index (Phi) is 10.4. The van der Waals surface area contributed by atoms with E-state index in [1.807, 2.05) is 45.0 Å². The highest BCUT2D eigenvalue weighted by Crippen LogP contribution is 2.76. The summed E-state index contributed by atoms with van der Waals surface area (Å²) in [6.07, 6.45) is 6.82. The van der Waals surface area contributed by atoms with Crippen LogP contribution >= 0.6 is 11.6 Å². The topological polar surface area (TPSA) is 93.1 Å². The molecule has 288 valence electrons. The average molecular weight is 738 g/mol. The molecule has 1 aromatic carbocycles. The molecule has 1 N–H and O–H groups in total. The Hall–Kier alpha value is -2.38. The fraction of sp³-hybridized carbons (Fsp3) is 0.750. The number of esters is 1. The molecule has 0 heterocycles. The molecule has 1 aromatic rings. The number of carbonyl (C=O) groups excluding carboxylic acids is 3. The number of halogens is 1. The first-order valence-corrected chi connectivity index (χ1v) is 20.4. The van der Waals surface area contributed by atoms with E-state index in [4.69, 9.17) is 21.1 Å². The van der Waals surface area contributed by atoms with Gasteiger partial charge in [0.15, 0.2) is 5.78 Å². The van der Waals surface area contributed by atoms with Gasteiger partial charge in [0.2, 0.25) is 0 Å². The van der Waals surface area contributed by atoms with Gasteiger partial charge in [-0.15, -0.1) is 0 Å². The standard InChI is InChI=1S/C44H64ClNO6/c1-26(2)37-33(48)23-44(36(49)25-46(39(50)52-40(5,6)7)24-29-11-13-30(45)14-12-29)22-21-42(9)32(38(37)44)15-16-35-41(8)19-18-34(51-28(4)47)27(3)31(41)17-20-43(35,42)10/h11-14,26-27,31-32,34-36,49H,15-25H2,1-10H3/t27?,31?,32?,34?,35-,36?,41?,42-,43?,44?/m1/s1. The Labute approximate surface area is 317 Å². The fourth-order valence-corrected chi connectivity index (χ4v) is 12.9. The van der Waals surface area contributed by atoms with E-state index in [2.05, 4.69) is 41.5 Å². The summed E-state index contributed by atoms with van der Waals surface area (Å²) >= 11 is 6.19. The Morgan fingerprint density at radius 2 is 1.65 bits per heavy atom. The van der Waals surface area contributed by atoms with Gasteiger partial charge in [0.05, 0.1) is 12.6 Å². The van der Waals surface area contributed by atoms with Crippen molar-refractivity contribution >= 4 is 29.4 Å². The van der Waals surface area contributed by atoms with Gasteiger partial charge in [-0.3, -0.25) is 9.59 Å². The summed E-state index contributed by atoms with van der Waals surface area (Å²) in [5, 5.41) is 13.2. The van der Waals surface area contributed by atoms with Crippen LogP contribution in [0.25, 0.3) is 0 Å². The summed E-state index contributed by atoms with van der Waals surface area (Å²) in [7, 11) is 0. The van der Waals surface area contributed by atoms with E-state index in [1.165, 1.54) is 12.5 Å². The average Bonchev–Trinajstić information content (AvgIpc) is 3.36. The van der Waals surface area contributed by atoms with Gasteiger partial charge in [-0.05, 0) is 141 Å². The molecule has 4 fully saturated rings. The summed E-state index contributed by atoms with van der Waals surface area (Å²) in [5.74, 6) is 1.58. The zero-order valence-corrected chi connectivity index (χ0v) is 34.2. The SMILES string of the molecule is CC(=O)OC1CCC2(C)C(CCC3(C)[C@@H]2CCC2C4=C(C(C)C)C(=O)CC4(C(O)CN(Cc4ccc(Cl)cc4)C(=O)OC(C)(C)C)CC[C@]23C)C1C. The Morgan fingerprint density at radius 1 is 0.981 bits per heavy atom. The van der Waals surface area contributed by atoms with E-state index < -0.39 is 23.2 Å². The first kappa shape index (κ1) is 39.3. The first-order chi connectivity index (χ1) is 24.2. The van der Waals surface area contributed by atoms with Crippen molar-refractivity contribution in [3.8, 4) is 0 Å². The molecule has 8 unspecified atom stereocenters. The number of aliphatic hydroxyl groups is 1. The number of carbonyl (C=O) groups is 3. The van der Waals surface area contributed by atoms with E-state index >= 15 is 0 Å². The molecule has 0 spiro atoms. The molecule has 0 radical (unpaired) electrons. The summed E-state index contributed by atoms with van der Waals surface area (Å²) in [6, 6.07) is 7.42. The second kappa shape index (κ2) is 13.7. The van der Waals surface area contributed by atoms with Crippen LogP contribution in [0.1, 0.15) is 133 Å². The largest absolute Gasteiger partial charge is 0.462 e. The van der Waals surface area contributed by atoms with Crippen LogP contribution in [0, 0.1) is 51.2 Å². The highest BCUT2D eigenvalue weighted by atomic mass is 35.5. The Balaban J connectivity index is 1.34. The predicted octanol–water partition coefficient (Wildman–Crippen LogP) is 9.96. The van der Waals surface area contributed by atoms with Gasteiger partial charge in [0.25, 0.3) is 0 Å². The molecule has 4 saturated carbocycles. The number of hydrogen-bond acceptors (Lipinski definition) is 6. The van der Waals surface area contributed by atoms with E-state index in [0.717, 1.165) is 62.5 Å². The molecular formula is C44H64ClNO6. The third-order valence-corrected chi connectivity index (χ3v) is 15.6. The second-order valence-electron chi connectivity index (χ2n) is 19.5. The van der Waals surface area contributed by atoms with Crippen molar-refractivity contribution in [3.05, 3.63) is 46.0 Å². The molecule has 52 heavy (non-hydrogen) atoms. The minimum Gasteiger partial charge on any atom is -0.462 e. The summed E-state index contributed by atoms with van der Waals surface area (Å²) in [4.78, 5) is 41.6. The third-order valence-electron chi connectivity index (χ3n) is 15.3. The number of allylic oxidation sites excluding steroid dienone is 1. The molecule has 10 atom stereocenters. The minimum atomic E-state index is -0.928. The van der Waals surface area contributed by atoms with E-state index in [9.17, 15) is 19.5 Å². The van der Waals surface area contributed by atoms with Crippen LogP contribution in [-0.4, -0.2) is 52.2 Å². The van der Waals surface area contributed by atoms with E-state index in [1.54, 1.807) is 4.90 Å². The minimum absolute atomic E-state index is 0.00756. The number of Topliss-reactive ketones (excluding diaryl/α,β-unsaturated/α-hetero) is 1. The van der Waals surface area contributed by atoms with Gasteiger partial charge < -0.3 is 19.5 Å². The predicted molar refractivity (Wildman–Crippen MR) is 204 cm³/mol. The zero-order valence-electron chi connectivity index (χ0n) is 33.4. The van der Waals surface area contributed by atoms with Crippen molar-refractivity contribution in [2.24, 2.45) is 51.2 Å². The molecule has 8 heteroatoms. The van der Waals surface area contributed by atoms with Crippen molar-refractivity contribution in [3.63, 3.8) is 0 Å². The highest BCUT2D eigenvalue weighted by Gasteiger charge is 2.69. The van der Waals surface area contributed by atoms with Gasteiger partial charge in [-0.1, -0.05) is 70.8 Å². The normalized spacial score (nSPS) is 37.8. The molecule has 0 aromatic heterocycles. The Bertz CT molecular complexity index is 1600. The summed E-state index contributed by atoms with van der Waals surface area (Å²) < 4.78 is 11.7. The molecular weight excluding hydrogens is 674 g/mol. The third kappa shape index (κ3) is 6.46. The lowest BCUT2D eigenvalue weighted by Crippen LogP contribution is -2.65. The van der Waals surface area contributed by atoms with E-state index in [-0.39, 0.29) is 59.0 Å². The van der Waals surface area contributed by atoms with Gasteiger partial charge in [0, 0.05) is 30.3 Å². The number of hydrogen-bond donors (Lipinski definition) is 1. The number of aliphatic hydroxyl groups excluding tert-OH is 1. The lowest BCUT2D eigenvalue weighted by molar-refractivity contribution is -0.217. The summed E-state index contributed by atoms with van der Waals surface area (Å²) in [6.45, 7) is 21.6. The maximum Gasteiger partial charge on any atom is 0.410 e. The molecule has 0 aliphatic heterocycles. The number of nitrogens with zero attached hydrogens (tertiary/aromatic N) is 1. The lowest BCUT2D eigenvalue weighted by atomic mass is 9.34. The van der Waals surface area contributed by atoms with Crippen molar-refractivity contribution in [1.29, 1.82) is 0 Å². The number of benzene rings is 1. The second-order valence-corrected chi connectivity index (χ2v) is 19.9. The van der Waals surface area contributed by atoms with Gasteiger partial charge in [-0.2, -0.15) is 0 Å². The maximum atomic E-state index is 14.2. The molecule has 1 amide bonds. The molecule has 6 rings (SSSR count). The van der Waals surface area contributed by atoms with Crippen molar-refractivity contribution in [1.82, 2.24) is 4.90 Å². The number of amides is 1. The van der Waals surface area contributed by atoms with Crippen LogP contribution in [0.5, 0.6) is 0 Å². The highest BCUT2D eigenvalue weighted by molar-refractivity contribution is 6.30. The summed E-state index contributed by atoms with van der Waals surface area (Å²) in [5.41, 5.74) is 1.76. The first-order valence-electron chi connectivity index (χ1n) is 20.0. The molecule has 7 nitrogen and oxygen atoms in total. The lowest BCUT2D eigenvalue weighted by Gasteiger charge is -2.71. The van der Waals surface area contributed by atoms with Crippen molar-refractivity contribution < 1.29 is 29.0 Å². The van der Waals surface area contributed by atoms with E-state index in [0.29, 0.717) is 29.2 Å². The molecule has 5 aliphatic rings. The van der Waals surface area contributed by atoms with Crippen LogP contribution < -0.4 is 0 Å².